The van der Waals surface area contributed by atoms with Gasteiger partial charge in [-0.1, -0.05) is 18.5 Å². The van der Waals surface area contributed by atoms with Gasteiger partial charge < -0.3 is 10.6 Å². The number of benzene rings is 2. The van der Waals surface area contributed by atoms with Gasteiger partial charge in [0, 0.05) is 28.1 Å². The zero-order chi connectivity index (χ0) is 21.5. The Morgan fingerprint density at radius 2 is 1.90 bits per heavy atom. The first kappa shape index (κ1) is 20.2. The summed E-state index contributed by atoms with van der Waals surface area (Å²) in [5.74, 6) is 2.06. The number of amides is 1. The third kappa shape index (κ3) is 3.97. The van der Waals surface area contributed by atoms with Crippen LogP contribution in [0.3, 0.4) is 0 Å². The number of carbonyl (C=O) groups excluding carboxylic acids is 1. The van der Waals surface area contributed by atoms with Gasteiger partial charge in [0.1, 0.15) is 18.0 Å². The van der Waals surface area contributed by atoms with Crippen molar-refractivity contribution in [2.75, 3.05) is 5.32 Å². The number of aromatic nitrogens is 2. The van der Waals surface area contributed by atoms with E-state index in [0.29, 0.717) is 45.6 Å². The fourth-order valence-electron chi connectivity index (χ4n) is 5.27. The Bertz CT molecular complexity index is 1110. The lowest BCUT2D eigenvalue weighted by Gasteiger charge is -2.22. The highest BCUT2D eigenvalue weighted by Crippen LogP contribution is 2.59. The van der Waals surface area contributed by atoms with Crippen LogP contribution in [0.15, 0.2) is 48.8 Å². The van der Waals surface area contributed by atoms with Crippen LogP contribution in [0.25, 0.3) is 10.9 Å². The standard InChI is InChI=1S/C24H24ClFN4O/c1-2-20(30-24(31)13-3-5-14(25)6-4-13)22-17-10-16(11-18(17)22)29-23-19-9-15(26)7-8-21(19)27-12-28-23/h3-9,12,16-18,20,22H,2,10-11H2,1H3,(H,30,31)(H,27,28,29)/t16?,17-,18+,20-,22?/m1/s1. The summed E-state index contributed by atoms with van der Waals surface area (Å²) >= 11 is 5.92. The smallest absolute Gasteiger partial charge is 0.251 e. The minimum Gasteiger partial charge on any atom is -0.367 e. The normalized spacial score (nSPS) is 25.1. The highest BCUT2D eigenvalue weighted by molar-refractivity contribution is 6.30. The Morgan fingerprint density at radius 3 is 2.61 bits per heavy atom. The van der Waals surface area contributed by atoms with Gasteiger partial charge in [-0.25, -0.2) is 14.4 Å². The van der Waals surface area contributed by atoms with Gasteiger partial charge in [0.2, 0.25) is 0 Å². The van der Waals surface area contributed by atoms with Crippen LogP contribution in [0, 0.1) is 23.6 Å². The molecule has 2 N–H and O–H groups in total. The molecule has 2 saturated carbocycles. The molecule has 0 bridgehead atoms. The molecule has 3 aromatic rings. The van der Waals surface area contributed by atoms with Gasteiger partial charge in [-0.3, -0.25) is 4.79 Å². The molecule has 0 spiro atoms. The number of anilines is 1. The van der Waals surface area contributed by atoms with E-state index in [2.05, 4.69) is 27.5 Å². The molecular weight excluding hydrogens is 415 g/mol. The summed E-state index contributed by atoms with van der Waals surface area (Å²) in [5, 5.41) is 8.06. The fourth-order valence-corrected chi connectivity index (χ4v) is 5.39. The Labute approximate surface area is 185 Å². The van der Waals surface area contributed by atoms with Crippen molar-refractivity contribution >= 4 is 34.2 Å². The predicted octanol–water partition coefficient (Wildman–Crippen LogP) is 5.07. The molecule has 2 aliphatic rings. The number of fused-ring (bicyclic) bond motifs is 2. The number of hydrogen-bond donors (Lipinski definition) is 2. The van der Waals surface area contributed by atoms with Crippen LogP contribution in [0.4, 0.5) is 10.2 Å². The van der Waals surface area contributed by atoms with E-state index in [4.69, 9.17) is 11.6 Å². The summed E-state index contributed by atoms with van der Waals surface area (Å²) in [5.41, 5.74) is 1.37. The van der Waals surface area contributed by atoms with Crippen molar-refractivity contribution in [3.05, 3.63) is 65.2 Å². The first-order chi connectivity index (χ1) is 15.0. The lowest BCUT2D eigenvalue weighted by molar-refractivity contribution is 0.0927. The quantitative estimate of drug-likeness (QED) is 0.564. The first-order valence-corrected chi connectivity index (χ1v) is 11.1. The first-order valence-electron chi connectivity index (χ1n) is 10.8. The number of nitrogens with one attached hydrogen (secondary N) is 2. The molecule has 5 rings (SSSR count). The summed E-state index contributed by atoms with van der Waals surface area (Å²) < 4.78 is 13.7. The molecule has 0 aliphatic heterocycles. The highest BCUT2D eigenvalue weighted by Gasteiger charge is 2.58. The van der Waals surface area contributed by atoms with Gasteiger partial charge in [0.25, 0.3) is 5.91 Å². The maximum absolute atomic E-state index is 13.7. The van der Waals surface area contributed by atoms with Gasteiger partial charge in [-0.15, -0.1) is 0 Å². The van der Waals surface area contributed by atoms with Gasteiger partial charge >= 0.3 is 0 Å². The molecule has 2 aliphatic carbocycles. The van der Waals surface area contributed by atoms with Crippen molar-refractivity contribution in [2.24, 2.45) is 17.8 Å². The maximum Gasteiger partial charge on any atom is 0.251 e. The van der Waals surface area contributed by atoms with Crippen LogP contribution in [0.5, 0.6) is 0 Å². The molecule has 0 radical (unpaired) electrons. The average Bonchev–Trinajstić information content (AvgIpc) is 3.26. The molecule has 2 aromatic carbocycles. The van der Waals surface area contributed by atoms with Crippen molar-refractivity contribution in [2.45, 2.75) is 38.3 Å². The Morgan fingerprint density at radius 1 is 1.16 bits per heavy atom. The number of carbonyl (C=O) groups is 1. The molecule has 5 atom stereocenters. The Kier molecular flexibility index (Phi) is 5.26. The molecule has 31 heavy (non-hydrogen) atoms. The lowest BCUT2D eigenvalue weighted by atomic mass is 9.99. The number of rotatable bonds is 6. The van der Waals surface area contributed by atoms with Crippen molar-refractivity contribution < 1.29 is 9.18 Å². The number of nitrogens with zero attached hydrogens (tertiary/aromatic N) is 2. The summed E-state index contributed by atoms with van der Waals surface area (Å²) in [6, 6.07) is 12.0. The SMILES string of the molecule is CC[C@@H](NC(=O)c1ccc(Cl)cc1)C1[C@H]2CC(Nc3ncnc4ccc(F)cc34)C[C@@H]12. The molecule has 160 valence electrons. The summed E-state index contributed by atoms with van der Waals surface area (Å²) in [6.07, 6.45) is 4.48. The average molecular weight is 439 g/mol. The van der Waals surface area contributed by atoms with Crippen LogP contribution >= 0.6 is 11.6 Å². The van der Waals surface area contributed by atoms with E-state index in [1.807, 2.05) is 0 Å². The summed E-state index contributed by atoms with van der Waals surface area (Å²) in [4.78, 5) is 21.2. The third-order valence-electron chi connectivity index (χ3n) is 6.78. The minimum absolute atomic E-state index is 0.0438. The van der Waals surface area contributed by atoms with Gasteiger partial charge in [0.05, 0.1) is 5.52 Å². The van der Waals surface area contributed by atoms with E-state index < -0.39 is 0 Å². The molecule has 1 amide bonds. The zero-order valence-electron chi connectivity index (χ0n) is 17.2. The third-order valence-corrected chi connectivity index (χ3v) is 7.03. The van der Waals surface area contributed by atoms with Crippen LogP contribution in [0.1, 0.15) is 36.5 Å². The van der Waals surface area contributed by atoms with E-state index in [0.717, 1.165) is 24.8 Å². The topological polar surface area (TPSA) is 66.9 Å². The van der Waals surface area contributed by atoms with E-state index in [-0.39, 0.29) is 17.8 Å². The van der Waals surface area contributed by atoms with Crippen LogP contribution in [-0.4, -0.2) is 28.0 Å². The minimum atomic E-state index is -0.290. The molecule has 1 aromatic heterocycles. The van der Waals surface area contributed by atoms with E-state index >= 15 is 0 Å². The molecule has 1 heterocycles. The maximum atomic E-state index is 13.7. The van der Waals surface area contributed by atoms with E-state index in [1.54, 1.807) is 30.3 Å². The summed E-state index contributed by atoms with van der Waals surface area (Å²) in [7, 11) is 0. The monoisotopic (exact) mass is 438 g/mol. The highest BCUT2D eigenvalue weighted by atomic mass is 35.5. The van der Waals surface area contributed by atoms with E-state index in [9.17, 15) is 9.18 Å². The van der Waals surface area contributed by atoms with E-state index in [1.165, 1.54) is 18.5 Å². The number of hydrogen-bond acceptors (Lipinski definition) is 4. The Hall–Kier alpha value is -2.73. The predicted molar refractivity (Wildman–Crippen MR) is 120 cm³/mol. The van der Waals surface area contributed by atoms with Crippen molar-refractivity contribution in [3.8, 4) is 0 Å². The van der Waals surface area contributed by atoms with Crippen molar-refractivity contribution in [1.82, 2.24) is 15.3 Å². The molecule has 5 nitrogen and oxygen atoms in total. The zero-order valence-corrected chi connectivity index (χ0v) is 17.9. The second-order valence-electron chi connectivity index (χ2n) is 8.60. The lowest BCUT2D eigenvalue weighted by Crippen LogP contribution is -2.38. The van der Waals surface area contributed by atoms with Gasteiger partial charge in [-0.05, 0) is 79.5 Å². The second-order valence-corrected chi connectivity index (χ2v) is 9.03. The van der Waals surface area contributed by atoms with Gasteiger partial charge in [0.15, 0.2) is 0 Å². The van der Waals surface area contributed by atoms with Crippen molar-refractivity contribution in [3.63, 3.8) is 0 Å². The summed E-state index contributed by atoms with van der Waals surface area (Å²) in [6.45, 7) is 2.12. The number of halogens is 2. The van der Waals surface area contributed by atoms with Crippen LogP contribution in [0.2, 0.25) is 5.02 Å². The Balaban J connectivity index is 1.21. The molecule has 7 heteroatoms. The molecule has 2 fully saturated rings. The van der Waals surface area contributed by atoms with Crippen molar-refractivity contribution in [1.29, 1.82) is 0 Å². The van der Waals surface area contributed by atoms with Crippen LogP contribution < -0.4 is 10.6 Å². The van der Waals surface area contributed by atoms with Gasteiger partial charge in [-0.2, -0.15) is 0 Å². The largest absolute Gasteiger partial charge is 0.367 e. The molecular formula is C24H24ClFN4O. The molecule has 0 saturated heterocycles. The fraction of sp³-hybridized carbons (Fsp3) is 0.375. The second kappa shape index (κ2) is 8.08. The molecule has 2 unspecified atom stereocenters. The van der Waals surface area contributed by atoms with Crippen LogP contribution in [-0.2, 0) is 0 Å².